The van der Waals surface area contributed by atoms with Gasteiger partial charge in [-0.15, -0.1) is 0 Å². The van der Waals surface area contributed by atoms with Gasteiger partial charge in [-0.25, -0.2) is 13.2 Å². The standard InChI is InChI=1S/C22H27N3O5S/c1-3-30-22(27)24-19-8-6-18(7-9-19)23-21(26)17-12-14-25(15-13-17)31(28,29)20-10-4-16(2)5-11-20/h4-11,17H,3,12-15H2,1-2H3,(H,23,26)(H,24,27). The highest BCUT2D eigenvalue weighted by molar-refractivity contribution is 7.89. The van der Waals surface area contributed by atoms with Crippen LogP contribution in [0.4, 0.5) is 16.2 Å². The molecule has 2 aromatic rings. The smallest absolute Gasteiger partial charge is 0.411 e. The van der Waals surface area contributed by atoms with E-state index in [1.807, 2.05) is 6.92 Å². The largest absolute Gasteiger partial charge is 0.450 e. The highest BCUT2D eigenvalue weighted by Crippen LogP contribution is 2.25. The predicted octanol–water partition coefficient (Wildman–Crippen LogP) is 3.60. The van der Waals surface area contributed by atoms with Crippen LogP contribution in [-0.4, -0.2) is 44.4 Å². The SMILES string of the molecule is CCOC(=O)Nc1ccc(NC(=O)C2CCN(S(=O)(=O)c3ccc(C)cc3)CC2)cc1. The average molecular weight is 446 g/mol. The Hall–Kier alpha value is -2.91. The molecule has 0 radical (unpaired) electrons. The van der Waals surface area contributed by atoms with E-state index in [9.17, 15) is 18.0 Å². The van der Waals surface area contributed by atoms with Crippen molar-refractivity contribution in [3.8, 4) is 0 Å². The van der Waals surface area contributed by atoms with Crippen LogP contribution < -0.4 is 10.6 Å². The van der Waals surface area contributed by atoms with E-state index >= 15 is 0 Å². The molecule has 0 bridgehead atoms. The van der Waals surface area contributed by atoms with Crippen LogP contribution in [0.25, 0.3) is 0 Å². The fraction of sp³-hybridized carbons (Fsp3) is 0.364. The summed E-state index contributed by atoms with van der Waals surface area (Å²) >= 11 is 0. The molecule has 1 heterocycles. The molecule has 1 aliphatic rings. The summed E-state index contributed by atoms with van der Waals surface area (Å²) in [5.74, 6) is -0.403. The fourth-order valence-electron chi connectivity index (χ4n) is 3.38. The van der Waals surface area contributed by atoms with Crippen LogP contribution in [-0.2, 0) is 19.6 Å². The molecule has 0 aliphatic carbocycles. The molecular formula is C22H27N3O5S. The van der Waals surface area contributed by atoms with E-state index in [1.54, 1.807) is 55.5 Å². The van der Waals surface area contributed by atoms with Crippen molar-refractivity contribution in [2.75, 3.05) is 30.3 Å². The summed E-state index contributed by atoms with van der Waals surface area (Å²) in [7, 11) is -3.55. The zero-order chi connectivity index (χ0) is 22.4. The van der Waals surface area contributed by atoms with Crippen molar-refractivity contribution in [3.05, 3.63) is 54.1 Å². The molecule has 2 N–H and O–H groups in total. The van der Waals surface area contributed by atoms with Crippen molar-refractivity contribution in [2.45, 2.75) is 31.6 Å². The van der Waals surface area contributed by atoms with Crippen molar-refractivity contribution in [1.29, 1.82) is 0 Å². The summed E-state index contributed by atoms with van der Waals surface area (Å²) in [5.41, 5.74) is 2.17. The van der Waals surface area contributed by atoms with Gasteiger partial charge in [0.15, 0.2) is 0 Å². The lowest BCUT2D eigenvalue weighted by atomic mass is 9.97. The molecule has 2 aromatic carbocycles. The quantitative estimate of drug-likeness (QED) is 0.707. The zero-order valence-corrected chi connectivity index (χ0v) is 18.4. The van der Waals surface area contributed by atoms with Crippen molar-refractivity contribution >= 4 is 33.4 Å². The number of hydrogen-bond acceptors (Lipinski definition) is 5. The number of benzene rings is 2. The van der Waals surface area contributed by atoms with Crippen molar-refractivity contribution < 1.29 is 22.7 Å². The Kier molecular flexibility index (Phi) is 7.29. The second-order valence-corrected chi connectivity index (χ2v) is 9.34. The molecule has 31 heavy (non-hydrogen) atoms. The zero-order valence-electron chi connectivity index (χ0n) is 17.6. The first-order chi connectivity index (χ1) is 14.8. The Bertz CT molecular complexity index is 1010. The van der Waals surface area contributed by atoms with Gasteiger partial charge in [-0.3, -0.25) is 10.1 Å². The second kappa shape index (κ2) is 9.93. The molecule has 0 saturated carbocycles. The number of carbonyl (C=O) groups excluding carboxylic acids is 2. The first kappa shape index (κ1) is 22.8. The minimum absolute atomic E-state index is 0.140. The molecule has 1 aliphatic heterocycles. The maximum Gasteiger partial charge on any atom is 0.411 e. The van der Waals surface area contributed by atoms with Gasteiger partial charge in [-0.05, 0) is 63.1 Å². The van der Waals surface area contributed by atoms with E-state index in [2.05, 4.69) is 10.6 Å². The topological polar surface area (TPSA) is 105 Å². The Morgan fingerprint density at radius 1 is 0.968 bits per heavy atom. The molecular weight excluding hydrogens is 418 g/mol. The molecule has 9 heteroatoms. The molecule has 1 saturated heterocycles. The molecule has 166 valence electrons. The van der Waals surface area contributed by atoms with Crippen LogP contribution in [0, 0.1) is 12.8 Å². The molecule has 2 amide bonds. The average Bonchev–Trinajstić information content (AvgIpc) is 2.75. The van der Waals surface area contributed by atoms with Crippen molar-refractivity contribution in [3.63, 3.8) is 0 Å². The summed E-state index contributed by atoms with van der Waals surface area (Å²) in [5, 5.41) is 5.44. The van der Waals surface area contributed by atoms with Crippen molar-refractivity contribution in [1.82, 2.24) is 4.31 Å². The molecule has 0 unspecified atom stereocenters. The van der Waals surface area contributed by atoms with Crippen LogP contribution in [0.2, 0.25) is 0 Å². The van der Waals surface area contributed by atoms with Gasteiger partial charge in [0.25, 0.3) is 0 Å². The first-order valence-corrected chi connectivity index (χ1v) is 11.6. The number of nitrogens with one attached hydrogen (secondary N) is 2. The van der Waals surface area contributed by atoms with E-state index in [-0.39, 0.29) is 23.3 Å². The number of piperidine rings is 1. The number of nitrogens with zero attached hydrogens (tertiary/aromatic N) is 1. The van der Waals surface area contributed by atoms with Gasteiger partial charge < -0.3 is 10.1 Å². The number of carbonyl (C=O) groups is 2. The van der Waals surface area contributed by atoms with Gasteiger partial charge >= 0.3 is 6.09 Å². The Labute approximate surface area is 182 Å². The van der Waals surface area contributed by atoms with E-state index in [4.69, 9.17) is 4.74 Å². The summed E-state index contributed by atoms with van der Waals surface area (Å²) in [4.78, 5) is 24.3. The van der Waals surface area contributed by atoms with Crippen LogP contribution >= 0.6 is 0 Å². The van der Waals surface area contributed by atoms with Crippen LogP contribution in [0.1, 0.15) is 25.3 Å². The third kappa shape index (κ3) is 5.83. The Morgan fingerprint density at radius 2 is 1.52 bits per heavy atom. The number of sulfonamides is 1. The van der Waals surface area contributed by atoms with E-state index in [1.165, 1.54) is 4.31 Å². The molecule has 3 rings (SSSR count). The number of rotatable bonds is 6. The van der Waals surface area contributed by atoms with Crippen molar-refractivity contribution in [2.24, 2.45) is 5.92 Å². The van der Waals surface area contributed by atoms with Gasteiger partial charge in [-0.1, -0.05) is 17.7 Å². The molecule has 0 atom stereocenters. The summed E-state index contributed by atoms with van der Waals surface area (Å²) in [6, 6.07) is 13.5. The number of ether oxygens (including phenoxy) is 1. The van der Waals surface area contributed by atoms with Gasteiger partial charge in [0.05, 0.1) is 11.5 Å². The minimum Gasteiger partial charge on any atom is -0.450 e. The van der Waals surface area contributed by atoms with Gasteiger partial charge in [0.2, 0.25) is 15.9 Å². The highest BCUT2D eigenvalue weighted by Gasteiger charge is 2.32. The normalized spacial score (nSPS) is 15.3. The summed E-state index contributed by atoms with van der Waals surface area (Å²) < 4.78 is 31.9. The molecule has 0 aromatic heterocycles. The lowest BCUT2D eigenvalue weighted by Gasteiger charge is -2.30. The Morgan fingerprint density at radius 3 is 2.06 bits per heavy atom. The number of hydrogen-bond donors (Lipinski definition) is 2. The van der Waals surface area contributed by atoms with Crippen LogP contribution in [0.15, 0.2) is 53.4 Å². The maximum absolute atomic E-state index is 12.8. The van der Waals surface area contributed by atoms with E-state index < -0.39 is 16.1 Å². The molecule has 1 fully saturated rings. The third-order valence-electron chi connectivity index (χ3n) is 5.16. The fourth-order valence-corrected chi connectivity index (χ4v) is 4.85. The summed E-state index contributed by atoms with van der Waals surface area (Å²) in [6.45, 7) is 4.52. The lowest BCUT2D eigenvalue weighted by molar-refractivity contribution is -0.120. The predicted molar refractivity (Wildman–Crippen MR) is 118 cm³/mol. The monoisotopic (exact) mass is 445 g/mol. The van der Waals surface area contributed by atoms with Crippen LogP contribution in [0.3, 0.4) is 0 Å². The van der Waals surface area contributed by atoms with Gasteiger partial charge in [-0.2, -0.15) is 4.31 Å². The van der Waals surface area contributed by atoms with E-state index in [0.29, 0.717) is 37.3 Å². The first-order valence-electron chi connectivity index (χ1n) is 10.2. The molecule has 0 spiro atoms. The van der Waals surface area contributed by atoms with Gasteiger partial charge in [0, 0.05) is 30.4 Å². The summed E-state index contributed by atoms with van der Waals surface area (Å²) in [6.07, 6.45) is 0.380. The third-order valence-corrected chi connectivity index (χ3v) is 7.07. The minimum atomic E-state index is -3.55. The highest BCUT2D eigenvalue weighted by atomic mass is 32.2. The number of amides is 2. The van der Waals surface area contributed by atoms with E-state index in [0.717, 1.165) is 5.56 Å². The lowest BCUT2D eigenvalue weighted by Crippen LogP contribution is -2.41. The number of anilines is 2. The number of aryl methyl sites for hydroxylation is 1. The maximum atomic E-state index is 12.8. The van der Waals surface area contributed by atoms with Crippen LogP contribution in [0.5, 0.6) is 0 Å². The van der Waals surface area contributed by atoms with Gasteiger partial charge in [0.1, 0.15) is 0 Å². The second-order valence-electron chi connectivity index (χ2n) is 7.40. The Balaban J connectivity index is 1.53. The molecule has 8 nitrogen and oxygen atoms in total.